The lowest BCUT2D eigenvalue weighted by Gasteiger charge is -2.17. The molecule has 17 heavy (non-hydrogen) atoms. The van der Waals surface area contributed by atoms with Crippen LogP contribution in [0.25, 0.3) is 0 Å². The molecule has 0 saturated heterocycles. The van der Waals surface area contributed by atoms with Gasteiger partial charge in [-0.2, -0.15) is 0 Å². The Morgan fingerprint density at radius 1 is 1.35 bits per heavy atom. The van der Waals surface area contributed by atoms with Crippen molar-refractivity contribution in [2.45, 2.75) is 40.0 Å². The van der Waals surface area contributed by atoms with Crippen molar-refractivity contribution in [1.29, 1.82) is 0 Å². The first-order chi connectivity index (χ1) is 7.79. The van der Waals surface area contributed by atoms with Gasteiger partial charge in [0.15, 0.2) is 0 Å². The van der Waals surface area contributed by atoms with Crippen molar-refractivity contribution in [3.05, 3.63) is 34.6 Å². The van der Waals surface area contributed by atoms with Crippen molar-refractivity contribution >= 4 is 17.4 Å². The molecule has 0 amide bonds. The monoisotopic (exact) mass is 256 g/mol. The molecule has 3 heteroatoms. The van der Waals surface area contributed by atoms with Crippen molar-refractivity contribution in [1.82, 2.24) is 0 Å². The van der Waals surface area contributed by atoms with E-state index in [1.54, 1.807) is 12.1 Å². The van der Waals surface area contributed by atoms with E-state index in [2.05, 4.69) is 20.8 Å². The zero-order valence-corrected chi connectivity index (χ0v) is 11.3. The summed E-state index contributed by atoms with van der Waals surface area (Å²) in [6.45, 7) is 6.24. The van der Waals surface area contributed by atoms with Crippen LogP contribution in [-0.2, 0) is 11.2 Å². The van der Waals surface area contributed by atoms with E-state index in [-0.39, 0.29) is 17.6 Å². The summed E-state index contributed by atoms with van der Waals surface area (Å²) in [5.41, 5.74) is 0.433. The third-order valence-corrected chi connectivity index (χ3v) is 2.94. The minimum absolute atomic E-state index is 0.0342. The van der Waals surface area contributed by atoms with Gasteiger partial charge in [0.25, 0.3) is 0 Å². The van der Waals surface area contributed by atoms with Crippen LogP contribution in [-0.4, -0.2) is 5.78 Å². The summed E-state index contributed by atoms with van der Waals surface area (Å²) in [6, 6.07) is 4.48. The van der Waals surface area contributed by atoms with E-state index in [0.717, 1.165) is 6.42 Å². The number of Topliss-reactive ketones (excluding diaryl/α,β-unsaturated/α-hetero) is 1. The smallest absolute Gasteiger partial charge is 0.137 e. The highest BCUT2D eigenvalue weighted by Crippen LogP contribution is 2.23. The highest BCUT2D eigenvalue weighted by atomic mass is 35.5. The molecule has 0 aliphatic carbocycles. The van der Waals surface area contributed by atoms with Crippen LogP contribution in [0.3, 0.4) is 0 Å². The molecular formula is C14H18ClFO. The molecule has 0 heterocycles. The van der Waals surface area contributed by atoms with E-state index >= 15 is 0 Å². The van der Waals surface area contributed by atoms with Gasteiger partial charge < -0.3 is 0 Å². The van der Waals surface area contributed by atoms with Crippen molar-refractivity contribution in [2.75, 3.05) is 0 Å². The average Bonchev–Trinajstić information content (AvgIpc) is 2.20. The number of rotatable bonds is 4. The van der Waals surface area contributed by atoms with Gasteiger partial charge in [-0.15, -0.1) is 0 Å². The number of carbonyl (C=O) groups excluding carboxylic acids is 1. The summed E-state index contributed by atoms with van der Waals surface area (Å²) in [5.74, 6) is -0.367. The van der Waals surface area contributed by atoms with E-state index in [1.807, 2.05) is 0 Å². The number of hydrogen-bond donors (Lipinski definition) is 0. The molecule has 0 N–H and O–H groups in total. The molecule has 0 unspecified atom stereocenters. The zero-order chi connectivity index (χ0) is 13.1. The van der Waals surface area contributed by atoms with Crippen molar-refractivity contribution < 1.29 is 9.18 Å². The van der Waals surface area contributed by atoms with Crippen LogP contribution < -0.4 is 0 Å². The second kappa shape index (κ2) is 5.63. The molecule has 0 aromatic heterocycles. The third kappa shape index (κ3) is 4.86. The molecule has 94 valence electrons. The summed E-state index contributed by atoms with van der Waals surface area (Å²) < 4.78 is 13.4. The lowest BCUT2D eigenvalue weighted by Crippen LogP contribution is -2.11. The van der Waals surface area contributed by atoms with E-state index < -0.39 is 5.82 Å². The Hall–Kier alpha value is -0.890. The molecule has 0 spiro atoms. The molecule has 1 rings (SSSR count). The van der Waals surface area contributed by atoms with Gasteiger partial charge in [0.2, 0.25) is 0 Å². The zero-order valence-electron chi connectivity index (χ0n) is 10.5. The molecule has 0 fully saturated rings. The second-order valence-electron chi connectivity index (χ2n) is 5.48. The fraction of sp³-hybridized carbons (Fsp3) is 0.500. The molecular weight excluding hydrogens is 239 g/mol. The summed E-state index contributed by atoms with van der Waals surface area (Å²) in [6.07, 6.45) is 1.35. The van der Waals surface area contributed by atoms with Crippen molar-refractivity contribution in [3.63, 3.8) is 0 Å². The van der Waals surface area contributed by atoms with Crippen LogP contribution in [0.15, 0.2) is 18.2 Å². The van der Waals surface area contributed by atoms with Crippen LogP contribution in [0, 0.1) is 11.2 Å². The fourth-order valence-electron chi connectivity index (χ4n) is 1.50. The Morgan fingerprint density at radius 3 is 2.53 bits per heavy atom. The highest BCUT2D eigenvalue weighted by Gasteiger charge is 2.15. The molecule has 0 aliphatic rings. The van der Waals surface area contributed by atoms with E-state index in [9.17, 15) is 9.18 Å². The first-order valence-corrected chi connectivity index (χ1v) is 6.12. The molecule has 1 aromatic rings. The van der Waals surface area contributed by atoms with Crippen LogP contribution in [0.1, 0.15) is 39.2 Å². The Morgan fingerprint density at radius 2 is 2.00 bits per heavy atom. The standard InChI is InChI=1S/C14H18ClFO/c1-14(2,3)8-7-10(17)9-11-12(15)5-4-6-13(11)16/h4-6H,7-9H2,1-3H3. The number of ketones is 1. The van der Waals surface area contributed by atoms with Gasteiger partial charge in [0.05, 0.1) is 0 Å². The van der Waals surface area contributed by atoms with Gasteiger partial charge in [-0.3, -0.25) is 4.79 Å². The minimum Gasteiger partial charge on any atom is -0.299 e. The van der Waals surface area contributed by atoms with E-state index in [4.69, 9.17) is 11.6 Å². The summed E-state index contributed by atoms with van der Waals surface area (Å²) in [4.78, 5) is 11.7. The minimum atomic E-state index is -0.401. The average molecular weight is 257 g/mol. The first kappa shape index (κ1) is 14.2. The first-order valence-electron chi connectivity index (χ1n) is 5.74. The Labute approximate surface area is 107 Å². The van der Waals surface area contributed by atoms with E-state index in [1.165, 1.54) is 6.07 Å². The number of halogens is 2. The van der Waals surface area contributed by atoms with Gasteiger partial charge in [0.1, 0.15) is 11.6 Å². The highest BCUT2D eigenvalue weighted by molar-refractivity contribution is 6.31. The van der Waals surface area contributed by atoms with Crippen molar-refractivity contribution in [3.8, 4) is 0 Å². The summed E-state index contributed by atoms with van der Waals surface area (Å²) in [5, 5.41) is 0.328. The maximum atomic E-state index is 13.4. The largest absolute Gasteiger partial charge is 0.299 e. The van der Waals surface area contributed by atoms with Gasteiger partial charge in [0, 0.05) is 23.4 Å². The summed E-state index contributed by atoms with van der Waals surface area (Å²) >= 11 is 5.87. The number of hydrogen-bond acceptors (Lipinski definition) is 1. The predicted octanol–water partition coefficient (Wildman–Crippen LogP) is 4.42. The van der Waals surface area contributed by atoms with Gasteiger partial charge in [-0.1, -0.05) is 38.4 Å². The second-order valence-corrected chi connectivity index (χ2v) is 5.88. The van der Waals surface area contributed by atoms with Crippen LogP contribution in [0.5, 0.6) is 0 Å². The van der Waals surface area contributed by atoms with Gasteiger partial charge in [-0.25, -0.2) is 4.39 Å². The molecule has 1 aromatic carbocycles. The Balaban J connectivity index is 2.63. The maximum Gasteiger partial charge on any atom is 0.137 e. The normalized spacial score (nSPS) is 11.6. The number of benzene rings is 1. The Bertz CT molecular complexity index is 387. The van der Waals surface area contributed by atoms with Crippen LogP contribution in [0.2, 0.25) is 5.02 Å². The van der Waals surface area contributed by atoms with Gasteiger partial charge in [-0.05, 0) is 24.0 Å². The van der Waals surface area contributed by atoms with Gasteiger partial charge >= 0.3 is 0 Å². The van der Waals surface area contributed by atoms with E-state index in [0.29, 0.717) is 17.0 Å². The quantitative estimate of drug-likeness (QED) is 0.780. The van der Waals surface area contributed by atoms with Crippen LogP contribution >= 0.6 is 11.6 Å². The SMILES string of the molecule is CC(C)(C)CCC(=O)Cc1c(F)cccc1Cl. The Kier molecular flexibility index (Phi) is 4.70. The molecule has 0 saturated carbocycles. The predicted molar refractivity (Wildman–Crippen MR) is 68.8 cm³/mol. The lowest BCUT2D eigenvalue weighted by molar-refractivity contribution is -0.119. The molecule has 0 bridgehead atoms. The maximum absolute atomic E-state index is 13.4. The molecule has 1 nitrogen and oxygen atoms in total. The third-order valence-electron chi connectivity index (χ3n) is 2.59. The van der Waals surface area contributed by atoms with Crippen molar-refractivity contribution in [2.24, 2.45) is 5.41 Å². The molecule has 0 radical (unpaired) electrons. The lowest BCUT2D eigenvalue weighted by atomic mass is 9.88. The van der Waals surface area contributed by atoms with Crippen LogP contribution in [0.4, 0.5) is 4.39 Å². The number of carbonyl (C=O) groups is 1. The fourth-order valence-corrected chi connectivity index (χ4v) is 1.73. The topological polar surface area (TPSA) is 17.1 Å². The molecule has 0 atom stereocenters. The molecule has 0 aliphatic heterocycles. The summed E-state index contributed by atoms with van der Waals surface area (Å²) in [7, 11) is 0.